The molecule has 9 nitrogen and oxygen atoms in total. The Kier molecular flexibility index (Phi) is 10.3. The van der Waals surface area contributed by atoms with E-state index in [9.17, 15) is 22.2 Å². The van der Waals surface area contributed by atoms with Gasteiger partial charge >= 0.3 is 12.1 Å². The first kappa shape index (κ1) is 31.0. The topological polar surface area (TPSA) is 131 Å². The molecule has 1 atom stereocenters. The van der Waals surface area contributed by atoms with Crippen molar-refractivity contribution in [2.24, 2.45) is 5.92 Å². The van der Waals surface area contributed by atoms with Crippen LogP contribution in [-0.2, 0) is 20.6 Å². The summed E-state index contributed by atoms with van der Waals surface area (Å²) in [7, 11) is -0.0243. The van der Waals surface area contributed by atoms with E-state index in [1.54, 1.807) is 13.2 Å². The Morgan fingerprint density at radius 1 is 1.07 bits per heavy atom. The second-order valence-electron chi connectivity index (χ2n) is 9.04. The second kappa shape index (κ2) is 13.2. The van der Waals surface area contributed by atoms with E-state index in [1.807, 2.05) is 45.0 Å². The molecule has 0 spiro atoms. The second-order valence-corrected chi connectivity index (χ2v) is 11.2. The molecule has 2 heterocycles. The maximum Gasteiger partial charge on any atom is 0.490 e. The van der Waals surface area contributed by atoms with Crippen LogP contribution in [0, 0.1) is 26.7 Å². The van der Waals surface area contributed by atoms with Crippen LogP contribution >= 0.6 is 11.3 Å². The van der Waals surface area contributed by atoms with Gasteiger partial charge < -0.3 is 15.2 Å². The van der Waals surface area contributed by atoms with Crippen LogP contribution in [0.1, 0.15) is 42.6 Å². The number of hydrogen-bond donors (Lipinski definition) is 3. The molecule has 2 aromatic heterocycles. The standard InChI is InChI=1S/C24H28N4O3S2.C2HF3O2/c1-14-9-12-21(25-15(14)2)28-33(30)20-13-18(10-11-19(20)31-4)22-16(3)26-24(32-22)27-23(29)17-7-5-6-8-17;3-2(4,5)1(6)7/h9-13,17H,5-8H2,1-4H3,(H,25,28)(H,26,27,29);(H,6,7). The third-order valence-electron chi connectivity index (χ3n) is 6.17. The normalized spacial score (nSPS) is 14.2. The van der Waals surface area contributed by atoms with Crippen molar-refractivity contribution in [3.05, 3.63) is 47.3 Å². The number of pyridine rings is 1. The molecule has 4 rings (SSSR count). The quantitative estimate of drug-likeness (QED) is 0.302. The number of nitrogens with zero attached hydrogens (tertiary/aromatic N) is 2. The van der Waals surface area contributed by atoms with Gasteiger partial charge in [0.1, 0.15) is 16.5 Å². The average molecular weight is 599 g/mol. The Hall–Kier alpha value is -3.52. The molecule has 40 heavy (non-hydrogen) atoms. The maximum absolute atomic E-state index is 13.2. The highest BCUT2D eigenvalue weighted by molar-refractivity contribution is 7.86. The Morgan fingerprint density at radius 2 is 1.73 bits per heavy atom. The zero-order chi connectivity index (χ0) is 29.6. The zero-order valence-electron chi connectivity index (χ0n) is 22.2. The van der Waals surface area contributed by atoms with Gasteiger partial charge in [-0.05, 0) is 69.0 Å². The third-order valence-corrected chi connectivity index (χ3v) is 8.40. The van der Waals surface area contributed by atoms with Gasteiger partial charge in [0.05, 0.1) is 17.7 Å². The number of aromatic nitrogens is 2. The number of thiazole rings is 1. The number of carboxylic acid groups (broad SMARTS) is 1. The molecule has 1 amide bonds. The van der Waals surface area contributed by atoms with Crippen LogP contribution < -0.4 is 14.8 Å². The lowest BCUT2D eigenvalue weighted by Gasteiger charge is -2.12. The molecule has 0 aliphatic heterocycles. The molecule has 14 heteroatoms. The van der Waals surface area contributed by atoms with Gasteiger partial charge in [-0.15, -0.1) is 0 Å². The highest BCUT2D eigenvalue weighted by Crippen LogP contribution is 2.37. The fourth-order valence-corrected chi connectivity index (χ4v) is 5.86. The largest absolute Gasteiger partial charge is 0.495 e. The number of alkyl halides is 3. The molecule has 0 bridgehead atoms. The van der Waals surface area contributed by atoms with Crippen molar-refractivity contribution in [2.75, 3.05) is 17.1 Å². The van der Waals surface area contributed by atoms with Gasteiger partial charge in [-0.2, -0.15) is 13.2 Å². The average Bonchev–Trinajstić information content (AvgIpc) is 3.56. The number of benzene rings is 1. The molecule has 216 valence electrons. The number of rotatable bonds is 7. The molecular weight excluding hydrogens is 569 g/mol. The van der Waals surface area contributed by atoms with E-state index < -0.39 is 23.1 Å². The van der Waals surface area contributed by atoms with Crippen LogP contribution in [0.4, 0.5) is 24.1 Å². The van der Waals surface area contributed by atoms with Crippen molar-refractivity contribution in [2.45, 2.75) is 57.5 Å². The van der Waals surface area contributed by atoms with E-state index in [-0.39, 0.29) is 11.8 Å². The SMILES string of the molecule is COc1ccc(-c2sc(NC(=O)C3CCCC3)nc2C)cc1S(=O)Nc1ccc(C)c(C)n1.O=C(O)C(F)(F)F. The lowest BCUT2D eigenvalue weighted by Crippen LogP contribution is -2.21. The first-order valence-corrected chi connectivity index (χ1v) is 14.2. The maximum atomic E-state index is 13.2. The van der Waals surface area contributed by atoms with Crippen molar-refractivity contribution >= 4 is 45.1 Å². The van der Waals surface area contributed by atoms with Gasteiger partial charge in [0, 0.05) is 11.6 Å². The highest BCUT2D eigenvalue weighted by atomic mass is 32.2. The number of nitrogens with one attached hydrogen (secondary N) is 2. The number of hydrogen-bond acceptors (Lipinski definition) is 7. The minimum atomic E-state index is -5.08. The summed E-state index contributed by atoms with van der Waals surface area (Å²) in [6.45, 7) is 5.81. The van der Waals surface area contributed by atoms with Gasteiger partial charge in [-0.3, -0.25) is 9.52 Å². The molecule has 0 radical (unpaired) electrons. The van der Waals surface area contributed by atoms with Crippen molar-refractivity contribution in [1.29, 1.82) is 0 Å². The summed E-state index contributed by atoms with van der Waals surface area (Å²) in [6, 6.07) is 9.30. The molecule has 1 aliphatic rings. The third kappa shape index (κ3) is 8.01. The Bertz CT molecular complexity index is 1410. The first-order valence-electron chi connectivity index (χ1n) is 12.2. The van der Waals surface area contributed by atoms with E-state index in [1.165, 1.54) is 11.3 Å². The zero-order valence-corrected chi connectivity index (χ0v) is 23.9. The van der Waals surface area contributed by atoms with Crippen LogP contribution in [0.25, 0.3) is 10.4 Å². The number of ether oxygens (including phenoxy) is 1. The minimum Gasteiger partial charge on any atom is -0.495 e. The monoisotopic (exact) mass is 598 g/mol. The van der Waals surface area contributed by atoms with Crippen LogP contribution in [-0.4, -0.2) is 44.4 Å². The molecule has 3 N–H and O–H groups in total. The van der Waals surface area contributed by atoms with Gasteiger partial charge in [0.2, 0.25) is 5.91 Å². The van der Waals surface area contributed by atoms with Crippen molar-refractivity contribution in [3.63, 3.8) is 0 Å². The number of methoxy groups -OCH3 is 1. The molecule has 3 aromatic rings. The van der Waals surface area contributed by atoms with Gasteiger partial charge in [0.25, 0.3) is 0 Å². The molecule has 1 aromatic carbocycles. The molecule has 0 saturated heterocycles. The van der Waals surface area contributed by atoms with Crippen LogP contribution in [0.3, 0.4) is 0 Å². The Morgan fingerprint density at radius 3 is 2.30 bits per heavy atom. The molecular formula is C26H29F3N4O5S2. The summed E-state index contributed by atoms with van der Waals surface area (Å²) in [6.07, 6.45) is -0.979. The van der Waals surface area contributed by atoms with Gasteiger partial charge in [-0.1, -0.05) is 30.2 Å². The summed E-state index contributed by atoms with van der Waals surface area (Å²) < 4.78 is 53.3. The molecule has 1 saturated carbocycles. The van der Waals surface area contributed by atoms with Crippen molar-refractivity contribution in [3.8, 4) is 16.2 Å². The fraction of sp³-hybridized carbons (Fsp3) is 0.385. The predicted molar refractivity (Wildman–Crippen MR) is 147 cm³/mol. The molecule has 1 unspecified atom stereocenters. The number of carbonyl (C=O) groups excluding carboxylic acids is 1. The highest BCUT2D eigenvalue weighted by Gasteiger charge is 2.38. The number of carbonyl (C=O) groups is 2. The van der Waals surface area contributed by atoms with Crippen molar-refractivity contribution in [1.82, 2.24) is 9.97 Å². The van der Waals surface area contributed by atoms with E-state index in [2.05, 4.69) is 20.0 Å². The van der Waals surface area contributed by atoms with Gasteiger partial charge in [-0.25, -0.2) is 19.0 Å². The van der Waals surface area contributed by atoms with Crippen molar-refractivity contribution < 1.29 is 36.8 Å². The van der Waals surface area contributed by atoms with Gasteiger partial charge in [0.15, 0.2) is 16.1 Å². The van der Waals surface area contributed by atoms with Crippen LogP contribution in [0.5, 0.6) is 5.75 Å². The van der Waals surface area contributed by atoms with Crippen LogP contribution in [0.15, 0.2) is 35.2 Å². The number of aryl methyl sites for hydroxylation is 3. The minimum absolute atomic E-state index is 0.0504. The number of aliphatic carboxylic acids is 1. The van der Waals surface area contributed by atoms with E-state index in [4.69, 9.17) is 14.6 Å². The fourth-order valence-electron chi connectivity index (χ4n) is 3.91. The summed E-state index contributed by atoms with van der Waals surface area (Å²) in [5.74, 6) is -1.57. The predicted octanol–water partition coefficient (Wildman–Crippen LogP) is 6.04. The smallest absolute Gasteiger partial charge is 0.490 e. The number of carboxylic acids is 1. The first-order chi connectivity index (χ1) is 18.8. The van der Waals surface area contributed by atoms with E-state index in [0.29, 0.717) is 21.6 Å². The molecule has 1 fully saturated rings. The van der Waals surface area contributed by atoms with E-state index >= 15 is 0 Å². The summed E-state index contributed by atoms with van der Waals surface area (Å²) in [5.41, 5.74) is 3.63. The summed E-state index contributed by atoms with van der Waals surface area (Å²) >= 11 is 1.43. The van der Waals surface area contributed by atoms with Crippen LogP contribution in [0.2, 0.25) is 0 Å². The summed E-state index contributed by atoms with van der Waals surface area (Å²) in [5, 5.41) is 10.7. The summed E-state index contributed by atoms with van der Waals surface area (Å²) in [4.78, 5) is 31.8. The Labute approximate surface area is 235 Å². The number of amides is 1. The number of anilines is 2. The lowest BCUT2D eigenvalue weighted by atomic mass is 10.1. The van der Waals surface area contributed by atoms with E-state index in [0.717, 1.165) is 53.1 Å². The lowest BCUT2D eigenvalue weighted by molar-refractivity contribution is -0.192. The Balaban J connectivity index is 0.000000559. The number of halogens is 3. The molecule has 1 aliphatic carbocycles.